The van der Waals surface area contributed by atoms with Crippen molar-refractivity contribution in [2.24, 2.45) is 0 Å². The maximum atomic E-state index is 12.2. The summed E-state index contributed by atoms with van der Waals surface area (Å²) in [5, 5.41) is 6.59. The van der Waals surface area contributed by atoms with Crippen LogP contribution in [0.1, 0.15) is 161 Å². The average Bonchev–Trinajstić information content (AvgIpc) is 0.834. The molecule has 8 rings (SSSR count). The van der Waals surface area contributed by atoms with Gasteiger partial charge in [0.05, 0.1) is 5.56 Å². The Labute approximate surface area is 571 Å². The summed E-state index contributed by atoms with van der Waals surface area (Å²) in [6, 6.07) is 33.2. The van der Waals surface area contributed by atoms with Gasteiger partial charge in [-0.25, -0.2) is 25.9 Å². The Morgan fingerprint density at radius 2 is 0.722 bits per heavy atom. The quantitative estimate of drug-likeness (QED) is 0.0787. The first kappa shape index (κ1) is 84.9. The Morgan fingerprint density at radius 3 is 1.03 bits per heavy atom. The molecular formula is C72H114BrMgN9O7. The fraction of sp³-hybridized carbons (Fsp3) is 0.583. The molecule has 90 heavy (non-hydrogen) atoms. The van der Waals surface area contributed by atoms with Gasteiger partial charge in [-0.3, -0.25) is 19.4 Å². The van der Waals surface area contributed by atoms with Crippen LogP contribution >= 0.6 is 0 Å². The Morgan fingerprint density at radius 1 is 0.433 bits per heavy atom. The van der Waals surface area contributed by atoms with Gasteiger partial charge in [0, 0.05) is 128 Å². The van der Waals surface area contributed by atoms with E-state index in [1.54, 1.807) is 16.7 Å². The SMILES string of the molecule is C.CC(=O)c1cccc(C)c1.CC(C)(C)OC(=O)N1CCNCC1.Cc1cccc(C(C)(C)N2CCN(C(=O)OC(C)(C)C)CC2)c1.Cc1cccc(C(C)(C)N2CCNCC2)c1.[Br-].[C-]#[N+]C(C)(c1cccc(C)c1)N1CCN(C(=O)OC(C)(C)C)CC1.[CH3-].[Mg+2]. The van der Waals surface area contributed by atoms with Crippen LogP contribution < -0.4 is 27.6 Å². The van der Waals surface area contributed by atoms with E-state index in [1.165, 1.54) is 22.3 Å². The third-order valence-electron chi connectivity index (χ3n) is 15.6. The molecule has 4 aliphatic heterocycles. The second-order valence-corrected chi connectivity index (χ2v) is 27.1. The van der Waals surface area contributed by atoms with Crippen molar-refractivity contribution in [2.45, 2.75) is 173 Å². The molecule has 0 aromatic heterocycles. The van der Waals surface area contributed by atoms with E-state index >= 15 is 0 Å². The van der Waals surface area contributed by atoms with E-state index in [0.29, 0.717) is 39.3 Å². The molecule has 4 aromatic carbocycles. The summed E-state index contributed by atoms with van der Waals surface area (Å²) in [6.07, 6.45) is -0.679. The fourth-order valence-corrected chi connectivity index (χ4v) is 10.4. The van der Waals surface area contributed by atoms with Crippen LogP contribution in [-0.2, 0) is 31.0 Å². The number of carbonyl (C=O) groups excluding carboxylic acids is 4. The number of ketones is 1. The molecule has 4 aliphatic rings. The van der Waals surface area contributed by atoms with Crippen molar-refractivity contribution in [1.29, 1.82) is 0 Å². The van der Waals surface area contributed by atoms with Crippen LogP contribution in [-0.4, -0.2) is 198 Å². The largest absolute Gasteiger partial charge is 2.00 e. The maximum absolute atomic E-state index is 12.2. The zero-order valence-electron chi connectivity index (χ0n) is 58.1. The average molecular weight is 1320 g/mol. The second kappa shape index (κ2) is 38.2. The van der Waals surface area contributed by atoms with Gasteiger partial charge in [-0.15, -0.1) is 0 Å². The first-order chi connectivity index (χ1) is 40.0. The minimum absolute atomic E-state index is 0. The molecule has 0 spiro atoms. The van der Waals surface area contributed by atoms with Gasteiger partial charge in [0.1, 0.15) is 16.8 Å². The molecule has 1 atom stereocenters. The number of aryl methyl sites for hydroxylation is 4. The van der Waals surface area contributed by atoms with Crippen LogP contribution in [0.25, 0.3) is 4.85 Å². The van der Waals surface area contributed by atoms with Gasteiger partial charge >= 0.3 is 47.0 Å². The molecule has 0 saturated carbocycles. The number of halogens is 1. The minimum atomic E-state index is -0.702. The molecule has 18 heteroatoms. The molecule has 3 amide bonds. The number of amides is 3. The van der Waals surface area contributed by atoms with Crippen LogP contribution in [0.4, 0.5) is 14.4 Å². The van der Waals surface area contributed by atoms with Crippen molar-refractivity contribution in [1.82, 2.24) is 40.0 Å². The molecule has 16 nitrogen and oxygen atoms in total. The number of ether oxygens (including phenoxy) is 3. The Hall–Kier alpha value is -5.10. The number of carbonyl (C=O) groups is 4. The predicted octanol–water partition coefficient (Wildman–Crippen LogP) is 10.3. The summed E-state index contributed by atoms with van der Waals surface area (Å²) < 4.78 is 16.1. The van der Waals surface area contributed by atoms with Crippen LogP contribution in [0.5, 0.6) is 0 Å². The van der Waals surface area contributed by atoms with Gasteiger partial charge in [-0.1, -0.05) is 109 Å². The number of piperazine rings is 4. The van der Waals surface area contributed by atoms with Crippen molar-refractivity contribution in [2.75, 3.05) is 105 Å². The number of nitrogens with one attached hydrogen (secondary N) is 2. The number of rotatable bonds is 7. The first-order valence-electron chi connectivity index (χ1n) is 30.8. The van der Waals surface area contributed by atoms with Crippen LogP contribution in [0.15, 0.2) is 97.1 Å². The van der Waals surface area contributed by atoms with Crippen molar-refractivity contribution in [3.8, 4) is 0 Å². The van der Waals surface area contributed by atoms with Gasteiger partial charge < -0.3 is 64.0 Å². The zero-order chi connectivity index (χ0) is 64.3. The van der Waals surface area contributed by atoms with Gasteiger partial charge in [-0.05, 0) is 154 Å². The van der Waals surface area contributed by atoms with Crippen molar-refractivity contribution in [3.63, 3.8) is 0 Å². The first-order valence-corrected chi connectivity index (χ1v) is 30.8. The van der Waals surface area contributed by atoms with E-state index in [4.69, 9.17) is 20.8 Å². The summed E-state index contributed by atoms with van der Waals surface area (Å²) in [5.41, 5.74) is 7.55. The predicted molar refractivity (Wildman–Crippen MR) is 368 cm³/mol. The number of hydrogen-bond acceptors (Lipinski definition) is 12. The van der Waals surface area contributed by atoms with Crippen LogP contribution in [0.3, 0.4) is 0 Å². The van der Waals surface area contributed by atoms with Crippen molar-refractivity contribution >= 4 is 47.1 Å². The van der Waals surface area contributed by atoms with E-state index in [9.17, 15) is 19.2 Å². The molecule has 2 N–H and O–H groups in total. The Balaban J connectivity index is 0.00000112. The van der Waals surface area contributed by atoms with Crippen molar-refractivity contribution < 1.29 is 50.4 Å². The topological polar surface area (TPSA) is 144 Å². The van der Waals surface area contributed by atoms with Gasteiger partial charge in [0.25, 0.3) is 0 Å². The molecule has 4 aromatic rings. The third kappa shape index (κ3) is 28.0. The van der Waals surface area contributed by atoms with Gasteiger partial charge in [0.15, 0.2) is 5.78 Å². The van der Waals surface area contributed by atoms with Crippen LogP contribution in [0.2, 0.25) is 0 Å². The molecule has 0 bridgehead atoms. The van der Waals surface area contributed by atoms with Crippen LogP contribution in [0, 0.1) is 41.7 Å². The number of nitrogens with zero attached hydrogens (tertiary/aromatic N) is 7. The number of hydrogen-bond donors (Lipinski definition) is 2. The van der Waals surface area contributed by atoms with E-state index in [-0.39, 0.29) is 95.6 Å². The van der Waals surface area contributed by atoms with E-state index in [2.05, 4.69) is 126 Å². The number of benzene rings is 4. The molecule has 4 heterocycles. The molecule has 0 radical (unpaired) electrons. The Bertz CT molecular complexity index is 2850. The Kier molecular flexibility index (Phi) is 36.0. The summed E-state index contributed by atoms with van der Waals surface area (Å²) in [6.45, 7) is 59.0. The van der Waals surface area contributed by atoms with E-state index < -0.39 is 16.9 Å². The minimum Gasteiger partial charge on any atom is -1.00 e. The molecule has 498 valence electrons. The monoisotopic (exact) mass is 1320 g/mol. The molecule has 1 unspecified atom stereocenters. The zero-order valence-corrected chi connectivity index (χ0v) is 61.1. The third-order valence-corrected chi connectivity index (χ3v) is 15.6. The maximum Gasteiger partial charge on any atom is 2.00 e. The fourth-order valence-electron chi connectivity index (χ4n) is 10.4. The molecule has 0 aliphatic carbocycles. The summed E-state index contributed by atoms with van der Waals surface area (Å²) in [7, 11) is 0. The van der Waals surface area contributed by atoms with Gasteiger partial charge in [0.2, 0.25) is 0 Å². The molecule has 4 fully saturated rings. The van der Waals surface area contributed by atoms with E-state index in [1.807, 2.05) is 130 Å². The normalized spacial score (nSPS) is 16.4. The molecular weight excluding hydrogens is 1210 g/mol. The van der Waals surface area contributed by atoms with Gasteiger partial charge in [-0.2, -0.15) is 0 Å². The number of Topliss-reactive ketones (excluding diaryl/α,β-unsaturated/α-hetero) is 1. The van der Waals surface area contributed by atoms with E-state index in [0.717, 1.165) is 87.7 Å². The smallest absolute Gasteiger partial charge is 1.00 e. The second-order valence-electron chi connectivity index (χ2n) is 27.1. The molecule has 4 saturated heterocycles. The summed E-state index contributed by atoms with van der Waals surface area (Å²) in [5.74, 6) is 0.128. The summed E-state index contributed by atoms with van der Waals surface area (Å²) >= 11 is 0. The standard InChI is InChI=1S/C19H27N3O2.C19H30N2O2.C14H22N2.C9H18N2O2.C9H10O.CH4.CH3.BrH.Mg/c1-15-8-7-9-16(14-15)19(5,20-6)22-12-10-21(11-13-22)17(23)24-18(2,3)4;1-15-8-7-9-16(14-15)19(5,6)21-12-10-20(11-13-21)17(22)23-18(2,3)4;1-12-5-4-6-13(11-12)14(2,3)16-9-7-15-8-10-16;1-9(2,3)13-8(12)11-6-4-10-5-7-11;1-7-4-3-5-9(6-7)8(2)10;;;;/h7-9,14H,10-13H2,1-5H3;7-9,14H,10-13H2,1-6H3;4-6,11,15H,7-10H2,1-3H3;10H,4-7H2,1-3H3;3-6H,1-2H3;1H4;1H3;1H;/q;;;;;;-1;;+2/p-1. The van der Waals surface area contributed by atoms with Crippen molar-refractivity contribution in [3.05, 3.63) is 160 Å². The summed E-state index contributed by atoms with van der Waals surface area (Å²) in [4.78, 5) is 63.0.